The molecule has 2 aromatic rings. The zero-order valence-corrected chi connectivity index (χ0v) is 10.6. The Balaban J connectivity index is 1.64. The Morgan fingerprint density at radius 1 is 1.33 bits per heavy atom. The van der Waals surface area contributed by atoms with Gasteiger partial charge in [-0.2, -0.15) is 4.98 Å². The Labute approximate surface area is 106 Å². The molecule has 18 heavy (non-hydrogen) atoms. The maximum atomic E-state index is 5.60. The molecule has 0 aliphatic rings. The summed E-state index contributed by atoms with van der Waals surface area (Å²) in [6.07, 6.45) is 0. The fourth-order valence-corrected chi connectivity index (χ4v) is 1.56. The molecule has 5 heteroatoms. The highest BCUT2D eigenvalue weighted by Crippen LogP contribution is 2.11. The zero-order chi connectivity index (χ0) is 12.8. The lowest BCUT2D eigenvalue weighted by Crippen LogP contribution is -2.21. The smallest absolute Gasteiger partial charge is 0.223 e. The average molecular weight is 247 g/mol. The Bertz CT molecular complexity index is 496. The normalized spacial score (nSPS) is 10.6. The van der Waals surface area contributed by atoms with E-state index in [0.717, 1.165) is 12.3 Å². The number of ether oxygens (including phenoxy) is 1. The summed E-state index contributed by atoms with van der Waals surface area (Å²) in [6, 6.07) is 8.00. The van der Waals surface area contributed by atoms with Crippen molar-refractivity contribution in [1.29, 1.82) is 0 Å². The minimum atomic E-state index is 0.586. The van der Waals surface area contributed by atoms with E-state index in [-0.39, 0.29) is 0 Å². The van der Waals surface area contributed by atoms with E-state index in [1.54, 1.807) is 6.92 Å². The lowest BCUT2D eigenvalue weighted by molar-refractivity contribution is 0.312. The Morgan fingerprint density at radius 2 is 2.22 bits per heavy atom. The van der Waals surface area contributed by atoms with Crippen LogP contribution < -0.4 is 10.1 Å². The molecule has 0 spiro atoms. The third-order valence-electron chi connectivity index (χ3n) is 2.39. The van der Waals surface area contributed by atoms with Gasteiger partial charge in [-0.1, -0.05) is 17.3 Å². The number of rotatable bonds is 6. The molecule has 0 aliphatic carbocycles. The molecule has 5 nitrogen and oxygen atoms in total. The van der Waals surface area contributed by atoms with Crippen molar-refractivity contribution in [1.82, 2.24) is 15.5 Å². The second-order valence-corrected chi connectivity index (χ2v) is 4.07. The molecular formula is C13H17N3O2. The third kappa shape index (κ3) is 3.85. The standard InChI is InChI=1S/C13H17N3O2/c1-10-4-3-5-12(8-10)17-7-6-14-9-13-15-11(2)18-16-13/h3-5,8,14H,6-7,9H2,1-2H3. The molecule has 0 radical (unpaired) electrons. The molecule has 96 valence electrons. The van der Waals surface area contributed by atoms with Gasteiger partial charge in [0.1, 0.15) is 12.4 Å². The van der Waals surface area contributed by atoms with Gasteiger partial charge in [0.2, 0.25) is 5.89 Å². The van der Waals surface area contributed by atoms with Gasteiger partial charge in [-0.15, -0.1) is 0 Å². The van der Waals surface area contributed by atoms with E-state index in [1.807, 2.05) is 31.2 Å². The van der Waals surface area contributed by atoms with E-state index in [2.05, 4.69) is 15.5 Å². The van der Waals surface area contributed by atoms with Gasteiger partial charge in [-0.25, -0.2) is 0 Å². The first kappa shape index (κ1) is 12.6. The van der Waals surface area contributed by atoms with E-state index in [9.17, 15) is 0 Å². The van der Waals surface area contributed by atoms with Gasteiger partial charge < -0.3 is 14.6 Å². The summed E-state index contributed by atoms with van der Waals surface area (Å²) in [6.45, 7) is 5.76. The number of hydrogen-bond acceptors (Lipinski definition) is 5. The Hall–Kier alpha value is -1.88. The molecule has 1 aromatic heterocycles. The van der Waals surface area contributed by atoms with Crippen LogP contribution in [0.4, 0.5) is 0 Å². The minimum absolute atomic E-state index is 0.586. The van der Waals surface area contributed by atoms with E-state index in [4.69, 9.17) is 9.26 Å². The molecule has 0 saturated carbocycles. The molecule has 1 heterocycles. The summed E-state index contributed by atoms with van der Waals surface area (Å²) in [5, 5.41) is 6.98. The van der Waals surface area contributed by atoms with Crippen molar-refractivity contribution < 1.29 is 9.26 Å². The number of hydrogen-bond donors (Lipinski definition) is 1. The largest absolute Gasteiger partial charge is 0.492 e. The fourth-order valence-electron chi connectivity index (χ4n) is 1.56. The summed E-state index contributed by atoms with van der Waals surface area (Å²) >= 11 is 0. The van der Waals surface area contributed by atoms with Crippen LogP contribution in [-0.2, 0) is 6.54 Å². The molecule has 0 saturated heterocycles. The van der Waals surface area contributed by atoms with Crippen LogP contribution in [0.5, 0.6) is 5.75 Å². The SMILES string of the molecule is Cc1cccc(OCCNCc2noc(C)n2)c1. The van der Waals surface area contributed by atoms with Crippen molar-refractivity contribution in [3.63, 3.8) is 0 Å². The van der Waals surface area contributed by atoms with Gasteiger partial charge >= 0.3 is 0 Å². The summed E-state index contributed by atoms with van der Waals surface area (Å²) < 4.78 is 10.5. The minimum Gasteiger partial charge on any atom is -0.492 e. The maximum Gasteiger partial charge on any atom is 0.223 e. The van der Waals surface area contributed by atoms with Crippen molar-refractivity contribution in [3.05, 3.63) is 41.5 Å². The predicted octanol–water partition coefficient (Wildman–Crippen LogP) is 1.86. The van der Waals surface area contributed by atoms with Gasteiger partial charge in [0.05, 0.1) is 6.54 Å². The van der Waals surface area contributed by atoms with Gasteiger partial charge in [0.25, 0.3) is 0 Å². The second-order valence-electron chi connectivity index (χ2n) is 4.07. The van der Waals surface area contributed by atoms with E-state index in [0.29, 0.717) is 24.9 Å². The lowest BCUT2D eigenvalue weighted by Gasteiger charge is -2.06. The maximum absolute atomic E-state index is 5.60. The molecule has 2 rings (SSSR count). The van der Waals surface area contributed by atoms with Crippen LogP contribution in [0.25, 0.3) is 0 Å². The number of nitrogens with one attached hydrogen (secondary N) is 1. The molecule has 0 atom stereocenters. The van der Waals surface area contributed by atoms with Gasteiger partial charge in [-0.05, 0) is 24.6 Å². The summed E-state index contributed by atoms with van der Waals surface area (Å²) in [5.74, 6) is 2.15. The molecule has 0 bridgehead atoms. The molecule has 0 fully saturated rings. The molecule has 0 aliphatic heterocycles. The quantitative estimate of drug-likeness (QED) is 0.789. The van der Waals surface area contributed by atoms with E-state index < -0.39 is 0 Å². The van der Waals surface area contributed by atoms with Crippen LogP contribution in [0.3, 0.4) is 0 Å². The van der Waals surface area contributed by atoms with Crippen molar-refractivity contribution in [2.45, 2.75) is 20.4 Å². The second kappa shape index (κ2) is 6.16. The van der Waals surface area contributed by atoms with Crippen LogP contribution >= 0.6 is 0 Å². The topological polar surface area (TPSA) is 60.2 Å². The summed E-state index contributed by atoms with van der Waals surface area (Å²) in [5.41, 5.74) is 1.20. The first-order valence-electron chi connectivity index (χ1n) is 5.93. The molecule has 0 unspecified atom stereocenters. The number of benzene rings is 1. The van der Waals surface area contributed by atoms with Crippen LogP contribution in [0, 0.1) is 13.8 Å². The van der Waals surface area contributed by atoms with Gasteiger partial charge in [0, 0.05) is 13.5 Å². The van der Waals surface area contributed by atoms with Crippen LogP contribution in [0.15, 0.2) is 28.8 Å². The molecule has 1 aromatic carbocycles. The highest BCUT2D eigenvalue weighted by Gasteiger charge is 2.00. The van der Waals surface area contributed by atoms with E-state index >= 15 is 0 Å². The van der Waals surface area contributed by atoms with Crippen LogP contribution in [0.2, 0.25) is 0 Å². The van der Waals surface area contributed by atoms with Crippen LogP contribution in [-0.4, -0.2) is 23.3 Å². The van der Waals surface area contributed by atoms with Gasteiger partial charge in [0.15, 0.2) is 5.82 Å². The first-order chi connectivity index (χ1) is 8.74. The predicted molar refractivity (Wildman–Crippen MR) is 67.4 cm³/mol. The highest BCUT2D eigenvalue weighted by atomic mass is 16.5. The Kier molecular flexibility index (Phi) is 4.30. The zero-order valence-electron chi connectivity index (χ0n) is 10.6. The van der Waals surface area contributed by atoms with Crippen molar-refractivity contribution in [3.8, 4) is 5.75 Å². The number of aryl methyl sites for hydroxylation is 2. The van der Waals surface area contributed by atoms with Crippen LogP contribution in [0.1, 0.15) is 17.3 Å². The van der Waals surface area contributed by atoms with Crippen molar-refractivity contribution >= 4 is 0 Å². The molecular weight excluding hydrogens is 230 g/mol. The third-order valence-corrected chi connectivity index (χ3v) is 2.39. The molecule has 0 amide bonds. The highest BCUT2D eigenvalue weighted by molar-refractivity contribution is 5.27. The van der Waals surface area contributed by atoms with Crippen molar-refractivity contribution in [2.75, 3.05) is 13.2 Å². The summed E-state index contributed by atoms with van der Waals surface area (Å²) in [4.78, 5) is 4.10. The van der Waals surface area contributed by atoms with Crippen molar-refractivity contribution in [2.24, 2.45) is 0 Å². The number of aromatic nitrogens is 2. The van der Waals surface area contributed by atoms with Gasteiger partial charge in [-0.3, -0.25) is 0 Å². The Morgan fingerprint density at radius 3 is 2.94 bits per heavy atom. The lowest BCUT2D eigenvalue weighted by atomic mass is 10.2. The first-order valence-corrected chi connectivity index (χ1v) is 5.93. The monoisotopic (exact) mass is 247 g/mol. The fraction of sp³-hybridized carbons (Fsp3) is 0.385. The molecule has 1 N–H and O–H groups in total. The average Bonchev–Trinajstić information content (AvgIpc) is 2.75. The summed E-state index contributed by atoms with van der Waals surface area (Å²) in [7, 11) is 0. The van der Waals surface area contributed by atoms with E-state index in [1.165, 1.54) is 5.56 Å². The number of nitrogens with zero attached hydrogens (tertiary/aromatic N) is 2.